The van der Waals surface area contributed by atoms with Gasteiger partial charge >= 0.3 is 0 Å². The highest BCUT2D eigenvalue weighted by atomic mass is 35.5. The minimum Gasteiger partial charge on any atom is -0.396 e. The number of nitrogens with zero attached hydrogens (tertiary/aromatic N) is 2. The van der Waals surface area contributed by atoms with Crippen LogP contribution in [-0.2, 0) is 6.54 Å². The highest BCUT2D eigenvalue weighted by Crippen LogP contribution is 2.17. The Kier molecular flexibility index (Phi) is 8.52. The highest BCUT2D eigenvalue weighted by molar-refractivity contribution is 5.85. The fraction of sp³-hybridized carbons (Fsp3) is 0.583. The second-order valence-corrected chi connectivity index (χ2v) is 4.22. The summed E-state index contributed by atoms with van der Waals surface area (Å²) in [7, 11) is 0. The van der Waals surface area contributed by atoms with Gasteiger partial charge in [-0.2, -0.15) is 0 Å². The second kappa shape index (κ2) is 8.70. The molecule has 0 bridgehead atoms. The Labute approximate surface area is 115 Å². The van der Waals surface area contributed by atoms with Crippen LogP contribution in [0.2, 0.25) is 0 Å². The molecule has 1 aromatic heterocycles. The van der Waals surface area contributed by atoms with Gasteiger partial charge in [0.1, 0.15) is 0 Å². The van der Waals surface area contributed by atoms with Crippen LogP contribution in [0.3, 0.4) is 0 Å². The van der Waals surface area contributed by atoms with E-state index in [9.17, 15) is 0 Å². The van der Waals surface area contributed by atoms with Crippen molar-refractivity contribution in [3.63, 3.8) is 0 Å². The van der Waals surface area contributed by atoms with E-state index in [0.29, 0.717) is 12.5 Å². The number of halogens is 2. The maximum atomic E-state index is 9.04. The van der Waals surface area contributed by atoms with Crippen LogP contribution in [0.15, 0.2) is 24.4 Å². The van der Waals surface area contributed by atoms with Gasteiger partial charge in [0, 0.05) is 19.3 Å². The number of rotatable bonds is 3. The van der Waals surface area contributed by atoms with Gasteiger partial charge < -0.3 is 5.11 Å². The van der Waals surface area contributed by atoms with E-state index in [0.717, 1.165) is 38.2 Å². The topological polar surface area (TPSA) is 36.4 Å². The zero-order chi connectivity index (χ0) is 10.5. The molecule has 1 aliphatic rings. The summed E-state index contributed by atoms with van der Waals surface area (Å²) in [5.41, 5.74) is 1.14. The molecule has 2 rings (SSSR count). The molecule has 0 radical (unpaired) electrons. The van der Waals surface area contributed by atoms with Gasteiger partial charge in [0.15, 0.2) is 0 Å². The van der Waals surface area contributed by atoms with Gasteiger partial charge in [-0.1, -0.05) is 6.07 Å². The predicted octanol–water partition coefficient (Wildman–Crippen LogP) is 2.13. The molecule has 5 heteroatoms. The van der Waals surface area contributed by atoms with Crippen LogP contribution >= 0.6 is 24.8 Å². The van der Waals surface area contributed by atoms with Crippen LogP contribution in [-0.4, -0.2) is 34.7 Å². The average molecular weight is 279 g/mol. The van der Waals surface area contributed by atoms with Crippen molar-refractivity contribution in [2.75, 3.05) is 19.7 Å². The quantitative estimate of drug-likeness (QED) is 0.920. The summed E-state index contributed by atoms with van der Waals surface area (Å²) in [6, 6.07) is 6.04. The molecule has 0 saturated carbocycles. The Morgan fingerprint density at radius 3 is 2.47 bits per heavy atom. The molecule has 0 aliphatic carbocycles. The summed E-state index contributed by atoms with van der Waals surface area (Å²) in [5.74, 6) is 0.519. The van der Waals surface area contributed by atoms with E-state index >= 15 is 0 Å². The summed E-state index contributed by atoms with van der Waals surface area (Å²) >= 11 is 0. The molecule has 1 aromatic rings. The minimum atomic E-state index is 0. The largest absolute Gasteiger partial charge is 0.396 e. The van der Waals surface area contributed by atoms with Crippen molar-refractivity contribution in [3.8, 4) is 0 Å². The SMILES string of the molecule is Cl.Cl.OCC1CCN(Cc2ccccn2)CC1. The summed E-state index contributed by atoms with van der Waals surface area (Å²) in [5, 5.41) is 9.04. The molecular formula is C12H20Cl2N2O. The predicted molar refractivity (Wildman–Crippen MR) is 73.8 cm³/mol. The third-order valence-corrected chi connectivity index (χ3v) is 3.08. The summed E-state index contributed by atoms with van der Waals surface area (Å²) in [6.07, 6.45) is 4.07. The Morgan fingerprint density at radius 2 is 1.94 bits per heavy atom. The van der Waals surface area contributed by atoms with E-state index in [4.69, 9.17) is 5.11 Å². The van der Waals surface area contributed by atoms with Crippen LogP contribution in [0.1, 0.15) is 18.5 Å². The van der Waals surface area contributed by atoms with Gasteiger partial charge in [-0.25, -0.2) is 0 Å². The number of piperidine rings is 1. The van der Waals surface area contributed by atoms with E-state index < -0.39 is 0 Å². The van der Waals surface area contributed by atoms with Gasteiger partial charge in [-0.3, -0.25) is 9.88 Å². The van der Waals surface area contributed by atoms with Gasteiger partial charge in [-0.05, 0) is 44.0 Å². The highest BCUT2D eigenvalue weighted by Gasteiger charge is 2.18. The zero-order valence-corrected chi connectivity index (χ0v) is 11.4. The minimum absolute atomic E-state index is 0. The Bertz CT molecular complexity index is 290. The summed E-state index contributed by atoms with van der Waals surface area (Å²) < 4.78 is 0. The van der Waals surface area contributed by atoms with Gasteiger partial charge in [0.25, 0.3) is 0 Å². The lowest BCUT2D eigenvalue weighted by atomic mass is 9.98. The molecular weight excluding hydrogens is 259 g/mol. The van der Waals surface area contributed by atoms with Gasteiger partial charge in [0.2, 0.25) is 0 Å². The first-order chi connectivity index (χ1) is 7.38. The van der Waals surface area contributed by atoms with Crippen LogP contribution in [0.4, 0.5) is 0 Å². The summed E-state index contributed by atoms with van der Waals surface area (Å²) in [4.78, 5) is 6.73. The van der Waals surface area contributed by atoms with Crippen LogP contribution in [0.25, 0.3) is 0 Å². The molecule has 0 atom stereocenters. The standard InChI is InChI=1S/C12H18N2O.2ClH/c15-10-11-4-7-14(8-5-11)9-12-3-1-2-6-13-12;;/h1-3,6,11,15H,4-5,7-10H2;2*1H. The number of aliphatic hydroxyl groups is 1. The van der Waals surface area contributed by atoms with Crippen molar-refractivity contribution in [1.29, 1.82) is 0 Å². The number of hydrogen-bond donors (Lipinski definition) is 1. The number of pyridine rings is 1. The molecule has 3 nitrogen and oxygen atoms in total. The molecule has 1 saturated heterocycles. The van der Waals surface area contributed by atoms with Crippen molar-refractivity contribution in [2.45, 2.75) is 19.4 Å². The fourth-order valence-electron chi connectivity index (χ4n) is 2.05. The third-order valence-electron chi connectivity index (χ3n) is 3.08. The molecule has 1 aliphatic heterocycles. The van der Waals surface area contributed by atoms with Gasteiger partial charge in [0.05, 0.1) is 5.69 Å². The smallest absolute Gasteiger partial charge is 0.0543 e. The number of hydrogen-bond acceptors (Lipinski definition) is 3. The number of aromatic nitrogens is 1. The maximum Gasteiger partial charge on any atom is 0.0543 e. The van der Waals surface area contributed by atoms with Crippen molar-refractivity contribution >= 4 is 24.8 Å². The van der Waals surface area contributed by atoms with E-state index in [1.807, 2.05) is 18.3 Å². The first-order valence-electron chi connectivity index (χ1n) is 5.61. The maximum absolute atomic E-state index is 9.04. The Hall–Kier alpha value is -0.350. The van der Waals surface area contributed by atoms with E-state index in [-0.39, 0.29) is 24.8 Å². The molecule has 2 heterocycles. The third kappa shape index (κ3) is 5.21. The molecule has 0 unspecified atom stereocenters. The lowest BCUT2D eigenvalue weighted by molar-refractivity contribution is 0.126. The lowest BCUT2D eigenvalue weighted by Gasteiger charge is -2.30. The van der Waals surface area contributed by atoms with Crippen molar-refractivity contribution in [3.05, 3.63) is 30.1 Å². The molecule has 98 valence electrons. The Balaban J connectivity index is 0.00000128. The van der Waals surface area contributed by atoms with Crippen LogP contribution in [0, 0.1) is 5.92 Å². The normalized spacial score (nSPS) is 17.0. The summed E-state index contributed by atoms with van der Waals surface area (Å²) in [6.45, 7) is 3.46. The van der Waals surface area contributed by atoms with E-state index in [1.54, 1.807) is 0 Å². The lowest BCUT2D eigenvalue weighted by Crippen LogP contribution is -2.34. The van der Waals surface area contributed by atoms with Gasteiger partial charge in [-0.15, -0.1) is 24.8 Å². The number of aliphatic hydroxyl groups excluding tert-OH is 1. The fourth-order valence-corrected chi connectivity index (χ4v) is 2.05. The van der Waals surface area contributed by atoms with Crippen molar-refractivity contribution < 1.29 is 5.11 Å². The average Bonchev–Trinajstić information content (AvgIpc) is 2.31. The van der Waals surface area contributed by atoms with Crippen molar-refractivity contribution in [2.24, 2.45) is 5.92 Å². The molecule has 1 N–H and O–H groups in total. The van der Waals surface area contributed by atoms with E-state index in [1.165, 1.54) is 0 Å². The molecule has 0 amide bonds. The zero-order valence-electron chi connectivity index (χ0n) is 9.79. The monoisotopic (exact) mass is 278 g/mol. The second-order valence-electron chi connectivity index (χ2n) is 4.22. The first kappa shape index (κ1) is 16.6. The molecule has 0 aromatic carbocycles. The first-order valence-corrected chi connectivity index (χ1v) is 5.61. The van der Waals surface area contributed by atoms with Crippen LogP contribution in [0.5, 0.6) is 0 Å². The molecule has 1 fully saturated rings. The van der Waals surface area contributed by atoms with Crippen LogP contribution < -0.4 is 0 Å². The molecule has 17 heavy (non-hydrogen) atoms. The molecule has 0 spiro atoms. The van der Waals surface area contributed by atoms with Crippen molar-refractivity contribution in [1.82, 2.24) is 9.88 Å². The van der Waals surface area contributed by atoms with E-state index in [2.05, 4.69) is 16.0 Å². The number of likely N-dealkylation sites (tertiary alicyclic amines) is 1. The Morgan fingerprint density at radius 1 is 1.24 bits per heavy atom.